The van der Waals surface area contributed by atoms with Crippen molar-refractivity contribution in [3.05, 3.63) is 55.2 Å². The molecule has 1 unspecified atom stereocenters. The van der Waals surface area contributed by atoms with E-state index in [1.165, 1.54) is 19.5 Å². The molecule has 9 nitrogen and oxygen atoms in total. The highest BCUT2D eigenvalue weighted by Crippen LogP contribution is 2.44. The Labute approximate surface area is 190 Å². The summed E-state index contributed by atoms with van der Waals surface area (Å²) in [5, 5.41) is 7.21. The van der Waals surface area contributed by atoms with E-state index in [-0.39, 0.29) is 29.0 Å². The van der Waals surface area contributed by atoms with E-state index in [0.717, 1.165) is 34.5 Å². The van der Waals surface area contributed by atoms with Crippen LogP contribution in [0.15, 0.2) is 37.4 Å². The number of carbonyl (C=O) groups is 1. The lowest BCUT2D eigenvalue weighted by Crippen LogP contribution is -2.40. The highest BCUT2D eigenvalue weighted by atomic mass is 32.3. The third-order valence-corrected chi connectivity index (χ3v) is 9.41. The van der Waals surface area contributed by atoms with Gasteiger partial charge in [0.15, 0.2) is 4.58 Å². The van der Waals surface area contributed by atoms with Crippen molar-refractivity contribution in [2.75, 3.05) is 24.7 Å². The molecule has 2 heterocycles. The second kappa shape index (κ2) is 8.20. The molecule has 2 aromatic rings. The first-order valence-electron chi connectivity index (χ1n) is 10.3. The highest BCUT2D eigenvalue weighted by Gasteiger charge is 2.42. The van der Waals surface area contributed by atoms with E-state index in [2.05, 4.69) is 24.5 Å². The Hall–Kier alpha value is -2.37. The Morgan fingerprint density at radius 3 is 2.34 bits per heavy atom. The van der Waals surface area contributed by atoms with Gasteiger partial charge >= 0.3 is 0 Å². The number of rotatable bonds is 9. The molecule has 0 radical (unpaired) electrons. The van der Waals surface area contributed by atoms with Crippen LogP contribution in [0.3, 0.4) is 0 Å². The Kier molecular flexibility index (Phi) is 5.84. The van der Waals surface area contributed by atoms with E-state index >= 15 is 0 Å². The van der Waals surface area contributed by atoms with E-state index in [9.17, 15) is 22.8 Å². The predicted octanol–water partition coefficient (Wildman–Crippen LogP) is 2.35. The van der Waals surface area contributed by atoms with Crippen LogP contribution in [0.1, 0.15) is 50.0 Å². The van der Waals surface area contributed by atoms with Gasteiger partial charge in [-0.1, -0.05) is 13.8 Å². The number of ketones is 1. The Morgan fingerprint density at radius 1 is 1.12 bits per heavy atom. The third-order valence-electron chi connectivity index (χ3n) is 5.74. The van der Waals surface area contributed by atoms with Crippen molar-refractivity contribution in [3.8, 4) is 0 Å². The summed E-state index contributed by atoms with van der Waals surface area (Å²) in [5.41, 5.74) is -0.343. The van der Waals surface area contributed by atoms with E-state index in [0.29, 0.717) is 11.7 Å². The molecule has 32 heavy (non-hydrogen) atoms. The zero-order valence-electron chi connectivity index (χ0n) is 18.2. The highest BCUT2D eigenvalue weighted by molar-refractivity contribution is 8.16. The van der Waals surface area contributed by atoms with Crippen LogP contribution in [-0.2, 0) is 14.8 Å². The average molecular weight is 480 g/mol. The lowest BCUT2D eigenvalue weighted by atomic mass is 10.0. The van der Waals surface area contributed by atoms with E-state index in [1.54, 1.807) is 6.26 Å². The summed E-state index contributed by atoms with van der Waals surface area (Å²) < 4.78 is 30.1. The molecular weight excluding hydrogens is 454 g/mol. The molecule has 4 rings (SSSR count). The zero-order chi connectivity index (χ0) is 23.4. The van der Waals surface area contributed by atoms with Gasteiger partial charge in [0, 0.05) is 14.1 Å². The number of furan rings is 1. The number of sulfonamides is 1. The Bertz CT molecular complexity index is 1260. The molecule has 1 aromatic heterocycles. The van der Waals surface area contributed by atoms with Gasteiger partial charge in [-0.2, -0.15) is 0 Å². The summed E-state index contributed by atoms with van der Waals surface area (Å²) in [7, 11) is -1.12. The molecule has 1 fully saturated rings. The summed E-state index contributed by atoms with van der Waals surface area (Å²) in [5.74, 6) is 0.601. The normalized spacial score (nSPS) is 20.2. The van der Waals surface area contributed by atoms with Gasteiger partial charge in [-0.05, 0) is 41.7 Å². The van der Waals surface area contributed by atoms with Gasteiger partial charge in [0.05, 0.1) is 18.0 Å². The molecule has 11 heteroatoms. The van der Waals surface area contributed by atoms with Crippen molar-refractivity contribution >= 4 is 38.9 Å². The smallest absolute Gasteiger partial charge is 0.253 e. The van der Waals surface area contributed by atoms with Gasteiger partial charge in [-0.15, -0.1) is 11.8 Å². The Morgan fingerprint density at radius 2 is 1.78 bits per heavy atom. The van der Waals surface area contributed by atoms with Crippen LogP contribution < -0.4 is 21.5 Å². The van der Waals surface area contributed by atoms with Gasteiger partial charge in [-0.3, -0.25) is 14.4 Å². The lowest BCUT2D eigenvalue weighted by Gasteiger charge is -2.21. The Balaban J connectivity index is 1.55. The van der Waals surface area contributed by atoms with Gasteiger partial charge in [0.1, 0.15) is 17.1 Å². The molecule has 0 spiro atoms. The summed E-state index contributed by atoms with van der Waals surface area (Å²) in [6.45, 7) is 4.11. The van der Waals surface area contributed by atoms with Crippen molar-refractivity contribution < 1.29 is 17.6 Å². The van der Waals surface area contributed by atoms with Gasteiger partial charge in [0.2, 0.25) is 15.8 Å². The van der Waals surface area contributed by atoms with Crippen LogP contribution in [0, 0.1) is 5.92 Å². The number of nitrogens with zero attached hydrogens (tertiary/aromatic N) is 1. The minimum atomic E-state index is -3.83. The van der Waals surface area contributed by atoms with E-state index in [4.69, 9.17) is 4.42 Å². The molecule has 2 aliphatic rings. The van der Waals surface area contributed by atoms with Crippen molar-refractivity contribution in [1.82, 2.24) is 4.31 Å². The molecule has 0 bridgehead atoms. The van der Waals surface area contributed by atoms with Crippen LogP contribution in [0.25, 0.3) is 0 Å². The number of allylic oxidation sites excluding steroid dienone is 1. The summed E-state index contributed by atoms with van der Waals surface area (Å²) in [4.78, 5) is 37.2. The fourth-order valence-corrected chi connectivity index (χ4v) is 6.20. The number of thioether (sulfide) groups is 1. The molecule has 172 valence electrons. The first-order valence-corrected chi connectivity index (χ1v) is 12.7. The fraction of sp³-hybridized carbons (Fsp3) is 0.476. The number of hydrogen-bond acceptors (Lipinski definition) is 9. The van der Waals surface area contributed by atoms with Crippen LogP contribution >= 0.6 is 11.8 Å². The molecule has 2 atom stereocenters. The van der Waals surface area contributed by atoms with E-state index < -0.39 is 31.2 Å². The molecule has 0 amide bonds. The number of carbonyl (C=O) groups excluding carboxylic acids is 1. The predicted molar refractivity (Wildman–Crippen MR) is 124 cm³/mol. The first-order chi connectivity index (χ1) is 15.0. The largest absolute Gasteiger partial charge is 0.467 e. The number of anilines is 2. The first kappa shape index (κ1) is 22.8. The molecule has 1 aromatic carbocycles. The van der Waals surface area contributed by atoms with Crippen molar-refractivity contribution in [2.24, 2.45) is 5.92 Å². The second-order valence-corrected chi connectivity index (χ2v) is 12.1. The monoisotopic (exact) mass is 479 g/mol. The fourth-order valence-electron chi connectivity index (χ4n) is 3.49. The quantitative estimate of drug-likeness (QED) is 0.521. The summed E-state index contributed by atoms with van der Waals surface area (Å²) >= 11 is 0.847. The van der Waals surface area contributed by atoms with Crippen molar-refractivity contribution in [1.29, 1.82) is 0 Å². The van der Waals surface area contributed by atoms with E-state index in [1.807, 2.05) is 6.07 Å². The molecule has 0 saturated heterocycles. The standard InChI is InChI=1S/C21H25N3O6S2/c1-10(2)12-7-14(30-8-12)15(11-5-6-11)23-17-16(19(26)20(17)27)22-13-9-31-21(18(13)25)32(28,29)24(3)4/h7-11,15,21-23H,5-6H2,1-4H3/t15-,21?/m1/s1. The van der Waals surface area contributed by atoms with Crippen LogP contribution in [0.4, 0.5) is 11.4 Å². The SMILES string of the molecule is CC(C)c1coc([C@H](Nc2c(NC3=CSC(S(=O)(=O)N(C)C)C3=O)c(=O)c2=O)C2CC2)c1. The van der Waals surface area contributed by atoms with Gasteiger partial charge in [0.25, 0.3) is 10.9 Å². The van der Waals surface area contributed by atoms with Gasteiger partial charge in [-0.25, -0.2) is 12.7 Å². The maximum Gasteiger partial charge on any atom is 0.253 e. The number of hydrogen-bond donors (Lipinski definition) is 2. The zero-order valence-corrected chi connectivity index (χ0v) is 19.8. The van der Waals surface area contributed by atoms with Crippen molar-refractivity contribution in [2.45, 2.75) is 43.2 Å². The van der Waals surface area contributed by atoms with Crippen LogP contribution in [-0.4, -0.2) is 37.2 Å². The topological polar surface area (TPSA) is 126 Å². The second-order valence-electron chi connectivity index (χ2n) is 8.62. The number of nitrogens with one attached hydrogen (secondary N) is 2. The minimum absolute atomic E-state index is 0.0244. The number of Topliss-reactive ketones (excluding diaryl/α,β-unsaturated/α-hetero) is 1. The lowest BCUT2D eigenvalue weighted by molar-refractivity contribution is -0.113. The molecular formula is C21H25N3O6S2. The molecule has 1 aliphatic heterocycles. The van der Waals surface area contributed by atoms with Crippen LogP contribution in [0.2, 0.25) is 0 Å². The third kappa shape index (κ3) is 3.93. The molecule has 1 aliphatic carbocycles. The van der Waals surface area contributed by atoms with Gasteiger partial charge < -0.3 is 15.1 Å². The maximum atomic E-state index is 12.6. The average Bonchev–Trinajstić information content (AvgIpc) is 3.32. The minimum Gasteiger partial charge on any atom is -0.467 e. The maximum absolute atomic E-state index is 12.6. The molecule has 1 saturated carbocycles. The van der Waals surface area contributed by atoms with Crippen molar-refractivity contribution in [3.63, 3.8) is 0 Å². The summed E-state index contributed by atoms with van der Waals surface area (Å²) in [6.07, 6.45) is 3.64. The van der Waals surface area contributed by atoms with Crippen LogP contribution in [0.5, 0.6) is 0 Å². The summed E-state index contributed by atoms with van der Waals surface area (Å²) in [6, 6.07) is 1.69. The molecule has 2 N–H and O–H groups in total.